The van der Waals surface area contributed by atoms with Gasteiger partial charge in [0.15, 0.2) is 0 Å². The summed E-state index contributed by atoms with van der Waals surface area (Å²) in [5.41, 5.74) is 0. The van der Waals surface area contributed by atoms with Crippen molar-refractivity contribution in [2.24, 2.45) is 0 Å². The molecular formula is C70H131NO5. The molecule has 0 aromatic rings. The highest BCUT2D eigenvalue weighted by Gasteiger charge is 2.18. The van der Waals surface area contributed by atoms with Crippen molar-refractivity contribution in [3.8, 4) is 0 Å². The first-order chi connectivity index (χ1) is 37.5. The van der Waals surface area contributed by atoms with E-state index >= 15 is 0 Å². The van der Waals surface area contributed by atoms with Crippen molar-refractivity contribution in [3.63, 3.8) is 0 Å². The molecule has 2 atom stereocenters. The fourth-order valence-electron chi connectivity index (χ4n) is 10.4. The van der Waals surface area contributed by atoms with Crippen LogP contribution in [0.5, 0.6) is 0 Å². The molecule has 446 valence electrons. The normalized spacial score (nSPS) is 12.8. The van der Waals surface area contributed by atoms with E-state index in [-0.39, 0.29) is 18.5 Å². The molecule has 1 amide bonds. The summed E-state index contributed by atoms with van der Waals surface area (Å²) in [5.74, 6) is -0.0718. The lowest BCUT2D eigenvalue weighted by molar-refractivity contribution is -0.143. The first-order valence-electron chi connectivity index (χ1n) is 33.9. The lowest BCUT2D eigenvalue weighted by Gasteiger charge is -2.20. The topological polar surface area (TPSA) is 95.9 Å². The molecule has 0 aliphatic heterocycles. The van der Waals surface area contributed by atoms with Crippen LogP contribution in [0.15, 0.2) is 48.6 Å². The van der Waals surface area contributed by atoms with Crippen LogP contribution in [-0.4, -0.2) is 47.4 Å². The summed E-state index contributed by atoms with van der Waals surface area (Å²) >= 11 is 0. The summed E-state index contributed by atoms with van der Waals surface area (Å²) in [4.78, 5) is 24.6. The van der Waals surface area contributed by atoms with Gasteiger partial charge in [0.25, 0.3) is 0 Å². The van der Waals surface area contributed by atoms with Crippen molar-refractivity contribution >= 4 is 11.9 Å². The van der Waals surface area contributed by atoms with E-state index in [4.69, 9.17) is 4.74 Å². The van der Waals surface area contributed by atoms with Gasteiger partial charge in [-0.2, -0.15) is 0 Å². The van der Waals surface area contributed by atoms with Gasteiger partial charge in [-0.1, -0.05) is 306 Å². The number of aliphatic hydroxyl groups excluding tert-OH is 2. The van der Waals surface area contributed by atoms with Crippen molar-refractivity contribution in [2.75, 3.05) is 13.2 Å². The van der Waals surface area contributed by atoms with Crippen LogP contribution < -0.4 is 5.32 Å². The Balaban J connectivity index is 3.44. The molecule has 3 N–H and O–H groups in total. The van der Waals surface area contributed by atoms with Crippen LogP contribution in [0.3, 0.4) is 0 Å². The van der Waals surface area contributed by atoms with Crippen molar-refractivity contribution < 1.29 is 24.5 Å². The fraction of sp³-hybridized carbons (Fsp3) is 0.857. The minimum Gasteiger partial charge on any atom is -0.466 e. The predicted molar refractivity (Wildman–Crippen MR) is 333 cm³/mol. The second-order valence-corrected chi connectivity index (χ2v) is 23.1. The van der Waals surface area contributed by atoms with Crippen LogP contribution in [0.2, 0.25) is 0 Å². The number of allylic oxidation sites excluding steroid dienone is 7. The van der Waals surface area contributed by atoms with Crippen LogP contribution >= 0.6 is 0 Å². The van der Waals surface area contributed by atoms with Gasteiger partial charge in [-0.25, -0.2) is 0 Å². The Morgan fingerprint density at radius 1 is 0.368 bits per heavy atom. The lowest BCUT2D eigenvalue weighted by atomic mass is 10.0. The van der Waals surface area contributed by atoms with Crippen LogP contribution in [-0.2, 0) is 14.3 Å². The Hall–Kier alpha value is -2.18. The largest absolute Gasteiger partial charge is 0.466 e. The summed E-state index contributed by atoms with van der Waals surface area (Å²) in [7, 11) is 0. The maximum absolute atomic E-state index is 12.5. The third-order valence-corrected chi connectivity index (χ3v) is 15.6. The van der Waals surface area contributed by atoms with Crippen LogP contribution in [0.4, 0.5) is 0 Å². The summed E-state index contributed by atoms with van der Waals surface area (Å²) in [5, 5.41) is 23.2. The number of hydrogen-bond acceptors (Lipinski definition) is 5. The summed E-state index contributed by atoms with van der Waals surface area (Å²) < 4.78 is 5.48. The van der Waals surface area contributed by atoms with Gasteiger partial charge in [0.05, 0.1) is 25.4 Å². The van der Waals surface area contributed by atoms with Gasteiger partial charge < -0.3 is 20.3 Å². The zero-order chi connectivity index (χ0) is 55.0. The molecule has 0 aliphatic rings. The minimum atomic E-state index is -0.849. The number of carbonyl (C=O) groups excluding carboxylic acids is 2. The SMILES string of the molecule is CCCCCC/C=C\C/C=C\CCCCCCCC(=O)OCCCCCCCCCCCCCC/C=C\CCCCCCCCCCC(=O)NC(CO)C(O)/C=C/CCCCCCCCCCCCCCCCCCC. The molecule has 0 rings (SSSR count). The number of nitrogens with one attached hydrogen (secondary N) is 1. The molecule has 0 fully saturated rings. The van der Waals surface area contributed by atoms with Crippen LogP contribution in [0.1, 0.15) is 361 Å². The summed E-state index contributed by atoms with van der Waals surface area (Å²) in [6, 6.07) is -0.633. The highest BCUT2D eigenvalue weighted by atomic mass is 16.5. The molecule has 0 saturated heterocycles. The Morgan fingerprint density at radius 2 is 0.658 bits per heavy atom. The van der Waals surface area contributed by atoms with Gasteiger partial charge in [0.1, 0.15) is 0 Å². The van der Waals surface area contributed by atoms with E-state index in [1.54, 1.807) is 6.08 Å². The number of aliphatic hydroxyl groups is 2. The van der Waals surface area contributed by atoms with Crippen molar-refractivity contribution in [1.29, 1.82) is 0 Å². The molecule has 0 aromatic carbocycles. The molecule has 0 bridgehead atoms. The van der Waals surface area contributed by atoms with E-state index in [0.717, 1.165) is 51.4 Å². The zero-order valence-corrected chi connectivity index (χ0v) is 51.0. The molecule has 6 nitrogen and oxygen atoms in total. The van der Waals surface area contributed by atoms with E-state index in [1.807, 2.05) is 6.08 Å². The Morgan fingerprint density at radius 3 is 1.03 bits per heavy atom. The lowest BCUT2D eigenvalue weighted by Crippen LogP contribution is -2.45. The third-order valence-electron chi connectivity index (χ3n) is 15.6. The number of hydrogen-bond donors (Lipinski definition) is 3. The summed E-state index contributed by atoms with van der Waals surface area (Å²) in [6.45, 7) is 4.90. The van der Waals surface area contributed by atoms with E-state index < -0.39 is 12.1 Å². The molecule has 2 unspecified atom stereocenters. The summed E-state index contributed by atoms with van der Waals surface area (Å²) in [6.07, 6.45) is 84.5. The molecule has 76 heavy (non-hydrogen) atoms. The van der Waals surface area contributed by atoms with Gasteiger partial charge in [0, 0.05) is 12.8 Å². The maximum atomic E-state index is 12.5. The van der Waals surface area contributed by atoms with Gasteiger partial charge >= 0.3 is 5.97 Å². The number of amides is 1. The number of esters is 1. The molecule has 6 heteroatoms. The van der Waals surface area contributed by atoms with Gasteiger partial charge in [-0.3, -0.25) is 9.59 Å². The molecule has 0 aromatic heterocycles. The monoisotopic (exact) mass is 1070 g/mol. The fourth-order valence-corrected chi connectivity index (χ4v) is 10.4. The van der Waals surface area contributed by atoms with E-state index in [2.05, 4.69) is 55.6 Å². The predicted octanol–water partition coefficient (Wildman–Crippen LogP) is 21.7. The van der Waals surface area contributed by atoms with Gasteiger partial charge in [0.2, 0.25) is 5.91 Å². The van der Waals surface area contributed by atoms with Gasteiger partial charge in [-0.05, 0) is 89.9 Å². The number of ether oxygens (including phenoxy) is 1. The average Bonchev–Trinajstić information content (AvgIpc) is 3.42. The minimum absolute atomic E-state index is 0.00138. The first kappa shape index (κ1) is 73.8. The molecule has 0 radical (unpaired) electrons. The average molecular weight is 1070 g/mol. The molecule has 0 saturated carbocycles. The molecular weight excluding hydrogens is 935 g/mol. The smallest absolute Gasteiger partial charge is 0.305 e. The Labute approximate surface area is 474 Å². The van der Waals surface area contributed by atoms with Crippen molar-refractivity contribution in [1.82, 2.24) is 5.32 Å². The third kappa shape index (κ3) is 61.0. The molecule has 0 aliphatic carbocycles. The Kier molecular flexibility index (Phi) is 63.5. The van der Waals surface area contributed by atoms with E-state index in [1.165, 1.54) is 283 Å². The Bertz CT molecular complexity index is 1270. The van der Waals surface area contributed by atoms with E-state index in [9.17, 15) is 19.8 Å². The molecule has 0 heterocycles. The second kappa shape index (κ2) is 65.3. The highest BCUT2D eigenvalue weighted by Crippen LogP contribution is 2.17. The van der Waals surface area contributed by atoms with E-state index in [0.29, 0.717) is 19.4 Å². The number of rotatable bonds is 63. The highest BCUT2D eigenvalue weighted by molar-refractivity contribution is 5.76. The standard InChI is InChI=1S/C70H131NO5/c1-3-5-7-9-11-13-15-17-19-21-28-31-34-38-42-46-50-54-58-62-68(73)67(66-72)71-69(74)63-59-55-51-47-43-39-35-32-29-26-24-22-23-25-27-30-33-37-41-45-49-53-57-61-65-76-70(75)64-60-56-52-48-44-40-36-20-18-16-14-12-10-8-6-4-2/h14,16,20,24,26,36,58,62,67-68,72-73H,3-13,15,17-19,21-23,25,27-35,37-57,59-61,63-66H2,1-2H3,(H,71,74)/b16-14-,26-24-,36-20-,62-58+. The maximum Gasteiger partial charge on any atom is 0.305 e. The quantitative estimate of drug-likeness (QED) is 0.0320. The number of carbonyl (C=O) groups is 2. The first-order valence-corrected chi connectivity index (χ1v) is 33.9. The van der Waals surface area contributed by atoms with Crippen molar-refractivity contribution in [3.05, 3.63) is 48.6 Å². The number of unbranched alkanes of at least 4 members (excludes halogenated alkanes) is 46. The van der Waals surface area contributed by atoms with Gasteiger partial charge in [-0.15, -0.1) is 0 Å². The van der Waals surface area contributed by atoms with Crippen LogP contribution in [0, 0.1) is 0 Å². The molecule has 0 spiro atoms. The van der Waals surface area contributed by atoms with Crippen molar-refractivity contribution in [2.45, 2.75) is 373 Å². The second-order valence-electron chi connectivity index (χ2n) is 23.1. The van der Waals surface area contributed by atoms with Crippen LogP contribution in [0.25, 0.3) is 0 Å². The zero-order valence-electron chi connectivity index (χ0n) is 51.0.